The number of thiazole rings is 1. The lowest BCUT2D eigenvalue weighted by Gasteiger charge is -2.25. The van der Waals surface area contributed by atoms with Crippen LogP contribution in [-0.2, 0) is 17.8 Å². The van der Waals surface area contributed by atoms with E-state index in [2.05, 4.69) is 31.0 Å². The standard InChI is InChI=1S/C14H25N3OS/c1-11(2)8-15-9-13-12(3)16-14(19-13)10-17-4-6-18-7-5-17/h11,15H,4-10H2,1-3H3. The van der Waals surface area contributed by atoms with E-state index in [1.807, 2.05) is 11.3 Å². The summed E-state index contributed by atoms with van der Waals surface area (Å²) in [5.74, 6) is 0.695. The van der Waals surface area contributed by atoms with Gasteiger partial charge in [-0.15, -0.1) is 11.3 Å². The first-order chi connectivity index (χ1) is 9.15. The summed E-state index contributed by atoms with van der Waals surface area (Å²) < 4.78 is 5.37. The normalized spacial score (nSPS) is 17.3. The number of aromatic nitrogens is 1. The maximum absolute atomic E-state index is 5.37. The highest BCUT2D eigenvalue weighted by atomic mass is 32.1. The molecule has 1 aliphatic rings. The van der Waals surface area contributed by atoms with Gasteiger partial charge in [0.2, 0.25) is 0 Å². The van der Waals surface area contributed by atoms with E-state index in [-0.39, 0.29) is 0 Å². The third-order valence-corrected chi connectivity index (χ3v) is 4.38. The van der Waals surface area contributed by atoms with Crippen molar-refractivity contribution in [2.24, 2.45) is 5.92 Å². The summed E-state index contributed by atoms with van der Waals surface area (Å²) in [5, 5.41) is 4.73. The molecule has 1 saturated heterocycles. The first-order valence-electron chi connectivity index (χ1n) is 7.11. The van der Waals surface area contributed by atoms with E-state index in [4.69, 9.17) is 9.72 Å². The van der Waals surface area contributed by atoms with Crippen LogP contribution >= 0.6 is 11.3 Å². The fraction of sp³-hybridized carbons (Fsp3) is 0.786. The Morgan fingerprint density at radius 2 is 2.11 bits per heavy atom. The largest absolute Gasteiger partial charge is 0.379 e. The number of aryl methyl sites for hydroxylation is 1. The van der Waals surface area contributed by atoms with E-state index in [0.717, 1.165) is 45.9 Å². The molecule has 19 heavy (non-hydrogen) atoms. The average molecular weight is 283 g/mol. The Kier molecular flexibility index (Phi) is 5.76. The summed E-state index contributed by atoms with van der Waals surface area (Å²) in [4.78, 5) is 8.50. The van der Waals surface area contributed by atoms with Gasteiger partial charge in [0, 0.05) is 24.5 Å². The Hall–Kier alpha value is -0.490. The molecule has 108 valence electrons. The maximum Gasteiger partial charge on any atom is 0.107 e. The van der Waals surface area contributed by atoms with Crippen molar-refractivity contribution in [1.29, 1.82) is 0 Å². The first-order valence-corrected chi connectivity index (χ1v) is 7.93. The minimum atomic E-state index is 0.695. The Bertz CT molecular complexity index is 386. The second kappa shape index (κ2) is 7.33. The van der Waals surface area contributed by atoms with Crippen LogP contribution in [0.1, 0.15) is 29.4 Å². The van der Waals surface area contributed by atoms with Gasteiger partial charge in [-0.25, -0.2) is 4.98 Å². The molecular weight excluding hydrogens is 258 g/mol. The fourth-order valence-corrected chi connectivity index (χ4v) is 3.23. The van der Waals surface area contributed by atoms with Gasteiger partial charge in [-0.05, 0) is 19.4 Å². The van der Waals surface area contributed by atoms with E-state index in [0.29, 0.717) is 5.92 Å². The lowest BCUT2D eigenvalue weighted by molar-refractivity contribution is 0.0341. The van der Waals surface area contributed by atoms with Crippen molar-refractivity contribution in [1.82, 2.24) is 15.2 Å². The van der Waals surface area contributed by atoms with Gasteiger partial charge in [-0.2, -0.15) is 0 Å². The molecule has 1 aliphatic heterocycles. The van der Waals surface area contributed by atoms with Gasteiger partial charge in [0.25, 0.3) is 0 Å². The zero-order chi connectivity index (χ0) is 13.7. The molecule has 0 spiro atoms. The lowest BCUT2D eigenvalue weighted by atomic mass is 10.2. The number of morpholine rings is 1. The van der Waals surface area contributed by atoms with E-state index < -0.39 is 0 Å². The molecule has 0 saturated carbocycles. The Morgan fingerprint density at radius 3 is 2.79 bits per heavy atom. The molecule has 2 rings (SSSR count). The molecule has 4 nitrogen and oxygen atoms in total. The van der Waals surface area contributed by atoms with Crippen molar-refractivity contribution in [3.63, 3.8) is 0 Å². The van der Waals surface area contributed by atoms with Crippen LogP contribution < -0.4 is 5.32 Å². The molecule has 0 unspecified atom stereocenters. The van der Waals surface area contributed by atoms with Crippen LogP contribution in [0.5, 0.6) is 0 Å². The molecule has 0 aromatic carbocycles. The maximum atomic E-state index is 5.37. The van der Waals surface area contributed by atoms with E-state index in [1.165, 1.54) is 15.6 Å². The molecule has 1 fully saturated rings. The Morgan fingerprint density at radius 1 is 1.37 bits per heavy atom. The van der Waals surface area contributed by atoms with Crippen molar-refractivity contribution in [3.05, 3.63) is 15.6 Å². The Labute approximate surface area is 120 Å². The van der Waals surface area contributed by atoms with Gasteiger partial charge in [0.1, 0.15) is 5.01 Å². The van der Waals surface area contributed by atoms with Crippen molar-refractivity contribution in [2.45, 2.75) is 33.9 Å². The molecule has 0 aliphatic carbocycles. The van der Waals surface area contributed by atoms with Crippen LogP contribution in [0, 0.1) is 12.8 Å². The molecule has 2 heterocycles. The molecule has 0 bridgehead atoms. The van der Waals surface area contributed by atoms with Gasteiger partial charge < -0.3 is 10.1 Å². The number of ether oxygens (including phenoxy) is 1. The van der Waals surface area contributed by atoms with Crippen LogP contribution in [-0.4, -0.2) is 42.7 Å². The zero-order valence-corrected chi connectivity index (χ0v) is 13.1. The fourth-order valence-electron chi connectivity index (χ4n) is 2.14. The highest BCUT2D eigenvalue weighted by molar-refractivity contribution is 7.11. The van der Waals surface area contributed by atoms with E-state index in [9.17, 15) is 0 Å². The van der Waals surface area contributed by atoms with Crippen molar-refractivity contribution >= 4 is 11.3 Å². The summed E-state index contributed by atoms with van der Waals surface area (Å²) in [6, 6.07) is 0. The van der Waals surface area contributed by atoms with Crippen molar-refractivity contribution < 1.29 is 4.74 Å². The molecule has 5 heteroatoms. The topological polar surface area (TPSA) is 37.4 Å². The molecule has 0 radical (unpaired) electrons. The molecule has 1 aromatic rings. The lowest BCUT2D eigenvalue weighted by Crippen LogP contribution is -2.35. The number of hydrogen-bond donors (Lipinski definition) is 1. The third kappa shape index (κ3) is 4.84. The number of nitrogens with one attached hydrogen (secondary N) is 1. The monoisotopic (exact) mass is 283 g/mol. The predicted molar refractivity (Wildman–Crippen MR) is 79.5 cm³/mol. The van der Waals surface area contributed by atoms with Crippen molar-refractivity contribution in [3.8, 4) is 0 Å². The molecule has 1 N–H and O–H groups in total. The van der Waals surface area contributed by atoms with Crippen LogP contribution in [0.2, 0.25) is 0 Å². The molecule has 1 aromatic heterocycles. The number of hydrogen-bond acceptors (Lipinski definition) is 5. The second-order valence-corrected chi connectivity index (χ2v) is 6.70. The number of nitrogens with zero attached hydrogens (tertiary/aromatic N) is 2. The quantitative estimate of drug-likeness (QED) is 0.867. The minimum Gasteiger partial charge on any atom is -0.379 e. The van der Waals surface area contributed by atoms with E-state index >= 15 is 0 Å². The summed E-state index contributed by atoms with van der Waals surface area (Å²) in [6.45, 7) is 13.3. The summed E-state index contributed by atoms with van der Waals surface area (Å²) in [5.41, 5.74) is 1.18. The van der Waals surface area contributed by atoms with Gasteiger partial charge >= 0.3 is 0 Å². The zero-order valence-electron chi connectivity index (χ0n) is 12.2. The first kappa shape index (κ1) is 14.9. The van der Waals surface area contributed by atoms with Gasteiger partial charge in [0.05, 0.1) is 25.5 Å². The van der Waals surface area contributed by atoms with E-state index in [1.54, 1.807) is 0 Å². The van der Waals surface area contributed by atoms with Gasteiger partial charge in [-0.1, -0.05) is 13.8 Å². The third-order valence-electron chi connectivity index (χ3n) is 3.24. The Balaban J connectivity index is 1.84. The highest BCUT2D eigenvalue weighted by Gasteiger charge is 2.14. The minimum absolute atomic E-state index is 0.695. The average Bonchev–Trinajstić information content (AvgIpc) is 2.70. The summed E-state index contributed by atoms with van der Waals surface area (Å²) >= 11 is 1.85. The molecule has 0 atom stereocenters. The second-order valence-electron chi connectivity index (χ2n) is 5.53. The van der Waals surface area contributed by atoms with Crippen molar-refractivity contribution in [2.75, 3.05) is 32.8 Å². The summed E-state index contributed by atoms with van der Waals surface area (Å²) in [7, 11) is 0. The van der Waals surface area contributed by atoms with Crippen LogP contribution in [0.15, 0.2) is 0 Å². The van der Waals surface area contributed by atoms with Gasteiger partial charge in [-0.3, -0.25) is 4.90 Å². The molecular formula is C14H25N3OS. The SMILES string of the molecule is Cc1nc(CN2CCOCC2)sc1CNCC(C)C. The van der Waals surface area contributed by atoms with Crippen LogP contribution in [0.4, 0.5) is 0 Å². The summed E-state index contributed by atoms with van der Waals surface area (Å²) in [6.07, 6.45) is 0. The predicted octanol–water partition coefficient (Wildman–Crippen LogP) is 2.03. The smallest absolute Gasteiger partial charge is 0.107 e. The van der Waals surface area contributed by atoms with Crippen LogP contribution in [0.3, 0.4) is 0 Å². The van der Waals surface area contributed by atoms with Crippen LogP contribution in [0.25, 0.3) is 0 Å². The highest BCUT2D eigenvalue weighted by Crippen LogP contribution is 2.19. The molecule has 0 amide bonds. The number of rotatable bonds is 6. The van der Waals surface area contributed by atoms with Gasteiger partial charge in [0.15, 0.2) is 0 Å².